The summed E-state index contributed by atoms with van der Waals surface area (Å²) in [7, 11) is 1.25. The van der Waals surface area contributed by atoms with Crippen LogP contribution in [-0.2, 0) is 20.7 Å². The number of carbonyl (C=O) groups is 2. The summed E-state index contributed by atoms with van der Waals surface area (Å²) in [5.41, 5.74) is 1.10. The Morgan fingerprint density at radius 1 is 1.08 bits per heavy atom. The second kappa shape index (κ2) is 8.19. The molecule has 24 heavy (non-hydrogen) atoms. The SMILES string of the molecule is COC(=O)CC(NC(=O)Cc1cccc(F)c1)c1ccc(F)cc1. The molecule has 0 aliphatic heterocycles. The minimum Gasteiger partial charge on any atom is -0.469 e. The monoisotopic (exact) mass is 333 g/mol. The van der Waals surface area contributed by atoms with Crippen LogP contribution in [0.2, 0.25) is 0 Å². The van der Waals surface area contributed by atoms with E-state index in [0.29, 0.717) is 11.1 Å². The number of ether oxygens (including phenoxy) is 1. The number of halogens is 2. The van der Waals surface area contributed by atoms with E-state index in [0.717, 1.165) is 0 Å². The van der Waals surface area contributed by atoms with Crippen molar-refractivity contribution in [2.45, 2.75) is 18.9 Å². The molecule has 0 fully saturated rings. The third kappa shape index (κ3) is 5.15. The topological polar surface area (TPSA) is 55.4 Å². The first-order valence-electron chi connectivity index (χ1n) is 7.34. The minimum absolute atomic E-state index is 0.0311. The van der Waals surface area contributed by atoms with E-state index < -0.39 is 23.6 Å². The Bertz CT molecular complexity index is 716. The van der Waals surface area contributed by atoms with Gasteiger partial charge in [-0.25, -0.2) is 8.78 Å². The molecule has 0 aromatic heterocycles. The Morgan fingerprint density at radius 3 is 2.42 bits per heavy atom. The smallest absolute Gasteiger partial charge is 0.307 e. The molecule has 0 aliphatic carbocycles. The zero-order chi connectivity index (χ0) is 17.5. The lowest BCUT2D eigenvalue weighted by Crippen LogP contribution is -2.31. The largest absolute Gasteiger partial charge is 0.469 e. The predicted molar refractivity (Wildman–Crippen MR) is 84.0 cm³/mol. The van der Waals surface area contributed by atoms with Crippen molar-refractivity contribution in [1.29, 1.82) is 0 Å². The first-order chi connectivity index (χ1) is 11.5. The second-order valence-corrected chi connectivity index (χ2v) is 5.26. The quantitative estimate of drug-likeness (QED) is 0.827. The number of benzene rings is 2. The average molecular weight is 333 g/mol. The summed E-state index contributed by atoms with van der Waals surface area (Å²) in [6, 6.07) is 10.5. The Labute approximate surface area is 138 Å². The Hall–Kier alpha value is -2.76. The van der Waals surface area contributed by atoms with E-state index in [1.54, 1.807) is 6.07 Å². The van der Waals surface area contributed by atoms with Crippen molar-refractivity contribution >= 4 is 11.9 Å². The average Bonchev–Trinajstić information content (AvgIpc) is 2.54. The number of hydrogen-bond acceptors (Lipinski definition) is 3. The molecular formula is C18H17F2NO3. The predicted octanol–water partition coefficient (Wildman–Crippen LogP) is 2.93. The highest BCUT2D eigenvalue weighted by atomic mass is 19.1. The van der Waals surface area contributed by atoms with E-state index in [4.69, 9.17) is 0 Å². The number of carbonyl (C=O) groups excluding carboxylic acids is 2. The number of methoxy groups -OCH3 is 1. The fourth-order valence-corrected chi connectivity index (χ4v) is 2.27. The van der Waals surface area contributed by atoms with E-state index in [-0.39, 0.29) is 18.7 Å². The van der Waals surface area contributed by atoms with Crippen molar-refractivity contribution < 1.29 is 23.1 Å². The molecule has 126 valence electrons. The number of esters is 1. The molecule has 1 unspecified atom stereocenters. The summed E-state index contributed by atoms with van der Waals surface area (Å²) in [4.78, 5) is 23.7. The van der Waals surface area contributed by atoms with Crippen LogP contribution < -0.4 is 5.32 Å². The summed E-state index contributed by atoms with van der Waals surface area (Å²) >= 11 is 0. The molecule has 2 aromatic carbocycles. The number of hydrogen-bond donors (Lipinski definition) is 1. The molecule has 0 saturated carbocycles. The van der Waals surface area contributed by atoms with Crippen LogP contribution in [0.25, 0.3) is 0 Å². The normalized spacial score (nSPS) is 11.6. The van der Waals surface area contributed by atoms with Gasteiger partial charge in [-0.1, -0.05) is 24.3 Å². The van der Waals surface area contributed by atoms with Gasteiger partial charge in [0.15, 0.2) is 0 Å². The Kier molecular flexibility index (Phi) is 6.01. The van der Waals surface area contributed by atoms with E-state index in [2.05, 4.69) is 10.1 Å². The van der Waals surface area contributed by atoms with Crippen LogP contribution >= 0.6 is 0 Å². The highest BCUT2D eigenvalue weighted by Gasteiger charge is 2.19. The summed E-state index contributed by atoms with van der Waals surface area (Å²) in [5, 5.41) is 2.70. The zero-order valence-corrected chi connectivity index (χ0v) is 13.1. The van der Waals surface area contributed by atoms with Crippen molar-refractivity contribution in [3.63, 3.8) is 0 Å². The molecule has 0 saturated heterocycles. The zero-order valence-electron chi connectivity index (χ0n) is 13.1. The van der Waals surface area contributed by atoms with Crippen LogP contribution in [0.15, 0.2) is 48.5 Å². The fourth-order valence-electron chi connectivity index (χ4n) is 2.27. The molecule has 0 spiro atoms. The van der Waals surface area contributed by atoms with Crippen LogP contribution in [0.3, 0.4) is 0 Å². The van der Waals surface area contributed by atoms with Gasteiger partial charge in [-0.05, 0) is 35.4 Å². The summed E-state index contributed by atoms with van der Waals surface area (Å²) < 4.78 is 30.9. The molecular weight excluding hydrogens is 316 g/mol. The van der Waals surface area contributed by atoms with E-state index in [1.807, 2.05) is 0 Å². The van der Waals surface area contributed by atoms with Gasteiger partial charge >= 0.3 is 5.97 Å². The maximum absolute atomic E-state index is 13.2. The molecule has 2 rings (SSSR count). The maximum Gasteiger partial charge on any atom is 0.307 e. The van der Waals surface area contributed by atoms with E-state index in [9.17, 15) is 18.4 Å². The lowest BCUT2D eigenvalue weighted by molar-refractivity contribution is -0.141. The lowest BCUT2D eigenvalue weighted by atomic mass is 10.0. The first kappa shape index (κ1) is 17.6. The van der Waals surface area contributed by atoms with Crippen LogP contribution in [0.5, 0.6) is 0 Å². The fraction of sp³-hybridized carbons (Fsp3) is 0.222. The molecule has 2 aromatic rings. The van der Waals surface area contributed by atoms with Crippen molar-refractivity contribution in [2.75, 3.05) is 7.11 Å². The second-order valence-electron chi connectivity index (χ2n) is 5.26. The van der Waals surface area contributed by atoms with Gasteiger partial charge in [-0.15, -0.1) is 0 Å². The van der Waals surface area contributed by atoms with Gasteiger partial charge in [0.1, 0.15) is 11.6 Å². The van der Waals surface area contributed by atoms with Gasteiger partial charge in [0.25, 0.3) is 0 Å². The van der Waals surface area contributed by atoms with E-state index in [1.165, 1.54) is 49.6 Å². The van der Waals surface area contributed by atoms with Crippen molar-refractivity contribution in [3.8, 4) is 0 Å². The van der Waals surface area contributed by atoms with Gasteiger partial charge in [0.2, 0.25) is 5.91 Å². The van der Waals surface area contributed by atoms with Gasteiger partial charge in [0, 0.05) is 0 Å². The van der Waals surface area contributed by atoms with Crippen molar-refractivity contribution in [2.24, 2.45) is 0 Å². The first-order valence-corrected chi connectivity index (χ1v) is 7.34. The molecule has 1 atom stereocenters. The molecule has 0 bridgehead atoms. The molecule has 4 nitrogen and oxygen atoms in total. The maximum atomic E-state index is 13.2. The Balaban J connectivity index is 2.10. The third-order valence-electron chi connectivity index (χ3n) is 3.46. The van der Waals surface area contributed by atoms with Gasteiger partial charge in [-0.2, -0.15) is 0 Å². The highest BCUT2D eigenvalue weighted by molar-refractivity contribution is 5.80. The third-order valence-corrected chi connectivity index (χ3v) is 3.46. The van der Waals surface area contributed by atoms with E-state index >= 15 is 0 Å². The van der Waals surface area contributed by atoms with Gasteiger partial charge < -0.3 is 10.1 Å². The molecule has 0 aliphatic rings. The highest BCUT2D eigenvalue weighted by Crippen LogP contribution is 2.18. The standard InChI is InChI=1S/C18H17F2NO3/c1-24-18(23)11-16(13-5-7-14(19)8-6-13)21-17(22)10-12-3-2-4-15(20)9-12/h2-9,16H,10-11H2,1H3,(H,21,22). The van der Waals surface area contributed by atoms with Gasteiger partial charge in [-0.3, -0.25) is 9.59 Å². The lowest BCUT2D eigenvalue weighted by Gasteiger charge is -2.18. The van der Waals surface area contributed by atoms with Crippen LogP contribution in [0.4, 0.5) is 8.78 Å². The van der Waals surface area contributed by atoms with Gasteiger partial charge in [0.05, 0.1) is 26.0 Å². The summed E-state index contributed by atoms with van der Waals surface area (Å²) in [6.07, 6.45) is -0.117. The number of nitrogens with one attached hydrogen (secondary N) is 1. The van der Waals surface area contributed by atoms with Crippen molar-refractivity contribution in [3.05, 3.63) is 71.3 Å². The molecule has 0 heterocycles. The molecule has 1 amide bonds. The minimum atomic E-state index is -0.654. The summed E-state index contributed by atoms with van der Waals surface area (Å²) in [5.74, 6) is -1.72. The number of rotatable bonds is 6. The summed E-state index contributed by atoms with van der Waals surface area (Å²) in [6.45, 7) is 0. The molecule has 6 heteroatoms. The molecule has 0 radical (unpaired) electrons. The van der Waals surface area contributed by atoms with Crippen LogP contribution in [-0.4, -0.2) is 19.0 Å². The molecule has 1 N–H and O–H groups in total. The van der Waals surface area contributed by atoms with Crippen LogP contribution in [0.1, 0.15) is 23.6 Å². The number of amides is 1. The van der Waals surface area contributed by atoms with Crippen LogP contribution in [0, 0.1) is 11.6 Å². The Morgan fingerprint density at radius 2 is 1.79 bits per heavy atom. The van der Waals surface area contributed by atoms with Crippen molar-refractivity contribution in [1.82, 2.24) is 5.32 Å².